The highest BCUT2D eigenvalue weighted by Gasteiger charge is 2.42. The zero-order chi connectivity index (χ0) is 45.9. The Hall–Kier alpha value is -6.12. The van der Waals surface area contributed by atoms with Crippen LogP contribution in [-0.2, 0) is 43.5 Å². The van der Waals surface area contributed by atoms with E-state index in [2.05, 4.69) is 0 Å². The molecule has 15 heteroatoms. The van der Waals surface area contributed by atoms with Gasteiger partial charge in [-0.05, 0) is 176 Å². The van der Waals surface area contributed by atoms with E-state index in [4.69, 9.17) is 43.5 Å². The quantitative estimate of drug-likeness (QED) is 0.0854. The first-order valence-corrected chi connectivity index (χ1v) is 22.1. The van der Waals surface area contributed by atoms with Crippen molar-refractivity contribution in [1.29, 1.82) is 0 Å². The highest BCUT2D eigenvalue weighted by Crippen LogP contribution is 2.48. The average Bonchev–Trinajstić information content (AvgIpc) is 3.26. The number of rotatable bonds is 9. The molecule has 6 rings (SSSR count). The fourth-order valence-corrected chi connectivity index (χ4v) is 10.1. The van der Waals surface area contributed by atoms with E-state index in [-0.39, 0.29) is 5.92 Å². The van der Waals surface area contributed by atoms with Gasteiger partial charge in [-0.3, -0.25) is 0 Å². The minimum Gasteiger partial charge on any atom is -0.428 e. The van der Waals surface area contributed by atoms with E-state index in [0.29, 0.717) is 106 Å². The molecule has 3 aromatic carbocycles. The van der Waals surface area contributed by atoms with Crippen LogP contribution in [0.15, 0.2) is 54.6 Å². The lowest BCUT2D eigenvalue weighted by Gasteiger charge is -2.45. The fraction of sp³-hybridized carbons (Fsp3) is 0.510. The topological polar surface area (TPSA) is 185 Å². The molecule has 3 fully saturated rings. The van der Waals surface area contributed by atoms with Crippen LogP contribution in [0.1, 0.15) is 142 Å². The molecule has 3 aromatic rings. The first-order valence-electron chi connectivity index (χ1n) is 22.1. The van der Waals surface area contributed by atoms with Crippen LogP contribution < -0.4 is 0 Å². The maximum Gasteiger partial charge on any atom is 0.550 e. The van der Waals surface area contributed by atoms with Crippen LogP contribution in [-0.4, -0.2) is 54.7 Å². The van der Waals surface area contributed by atoms with E-state index < -0.39 is 54.7 Å². The molecule has 0 aromatic heterocycles. The summed E-state index contributed by atoms with van der Waals surface area (Å²) in [6, 6.07) is 16.1. The number of hydrogen-bond acceptors (Lipinski definition) is 15. The highest BCUT2D eigenvalue weighted by atomic mass is 17.2. The molecule has 0 saturated heterocycles. The van der Waals surface area contributed by atoms with E-state index in [1.807, 2.05) is 18.2 Å². The fourth-order valence-electron chi connectivity index (χ4n) is 10.1. The van der Waals surface area contributed by atoms with Crippen LogP contribution in [0.3, 0.4) is 0 Å². The molecule has 344 valence electrons. The molecule has 0 amide bonds. The number of benzene rings is 3. The Morgan fingerprint density at radius 2 is 0.578 bits per heavy atom. The highest BCUT2D eigenvalue weighted by molar-refractivity contribution is 5.93. The van der Waals surface area contributed by atoms with E-state index in [1.54, 1.807) is 77.9 Å². The largest absolute Gasteiger partial charge is 0.550 e. The monoisotopic (exact) mass is 886 g/mol. The SMILES string of the molecule is Cc1cccc(C)c1C(=O)OOC(=O)OC1CCC(C(C2CCC(OC(=O)OOC(=O)c3c(C)cccc3C)CC2)C2CCC(OC(=O)OOC(=O)c3c(C)cccc3C)CC2)CC1. The van der Waals surface area contributed by atoms with Crippen molar-refractivity contribution in [3.63, 3.8) is 0 Å². The van der Waals surface area contributed by atoms with Gasteiger partial charge in [-0.15, -0.1) is 0 Å². The third-order valence-corrected chi connectivity index (χ3v) is 13.2. The summed E-state index contributed by atoms with van der Waals surface area (Å²) in [5.74, 6) is -1.16. The summed E-state index contributed by atoms with van der Waals surface area (Å²) in [4.78, 5) is 105. The molecule has 0 radical (unpaired) electrons. The van der Waals surface area contributed by atoms with Crippen LogP contribution in [0.4, 0.5) is 14.4 Å². The molecular formula is C49H58O15. The lowest BCUT2D eigenvalue weighted by atomic mass is 9.61. The van der Waals surface area contributed by atoms with Gasteiger partial charge in [0.25, 0.3) is 0 Å². The Bertz CT molecular complexity index is 1850. The van der Waals surface area contributed by atoms with Crippen LogP contribution in [0.2, 0.25) is 0 Å². The molecule has 0 unspecified atom stereocenters. The Morgan fingerprint density at radius 1 is 0.359 bits per heavy atom. The molecule has 15 nitrogen and oxygen atoms in total. The lowest BCUT2D eigenvalue weighted by molar-refractivity contribution is -0.209. The van der Waals surface area contributed by atoms with Crippen molar-refractivity contribution in [1.82, 2.24) is 0 Å². The summed E-state index contributed by atoms with van der Waals surface area (Å²) in [5.41, 5.74) is 5.15. The van der Waals surface area contributed by atoms with Crippen molar-refractivity contribution in [3.8, 4) is 0 Å². The Balaban J connectivity index is 1.01. The Kier molecular flexibility index (Phi) is 16.3. The summed E-state index contributed by atoms with van der Waals surface area (Å²) in [6.07, 6.45) is 3.81. The number of aryl methyl sites for hydroxylation is 6. The summed E-state index contributed by atoms with van der Waals surface area (Å²) in [7, 11) is 0. The van der Waals surface area contributed by atoms with Gasteiger partial charge in [-0.1, -0.05) is 54.6 Å². The first-order chi connectivity index (χ1) is 30.7. The van der Waals surface area contributed by atoms with Gasteiger partial charge in [-0.2, -0.15) is 14.4 Å². The summed E-state index contributed by atoms with van der Waals surface area (Å²) < 4.78 is 16.7. The second-order valence-corrected chi connectivity index (χ2v) is 17.5. The summed E-state index contributed by atoms with van der Waals surface area (Å²) in [5, 5.41) is 0. The summed E-state index contributed by atoms with van der Waals surface area (Å²) in [6.45, 7) is 10.6. The van der Waals surface area contributed by atoms with E-state index in [1.165, 1.54) is 0 Å². The maximum atomic E-state index is 12.6. The number of carbonyl (C=O) groups excluding carboxylic acids is 6. The molecule has 0 N–H and O–H groups in total. The van der Waals surface area contributed by atoms with Gasteiger partial charge in [0.05, 0.1) is 16.7 Å². The predicted octanol–water partition coefficient (Wildman–Crippen LogP) is 10.9. The van der Waals surface area contributed by atoms with Crippen LogP contribution >= 0.6 is 0 Å². The predicted molar refractivity (Wildman–Crippen MR) is 227 cm³/mol. The number of carbonyl (C=O) groups is 6. The molecule has 3 saturated carbocycles. The minimum absolute atomic E-state index is 0.281. The molecular weight excluding hydrogens is 829 g/mol. The molecule has 3 aliphatic rings. The van der Waals surface area contributed by atoms with E-state index in [0.717, 1.165) is 38.5 Å². The third-order valence-electron chi connectivity index (χ3n) is 13.2. The molecule has 0 aliphatic heterocycles. The van der Waals surface area contributed by atoms with Crippen LogP contribution in [0.5, 0.6) is 0 Å². The molecule has 3 aliphatic carbocycles. The zero-order valence-corrected chi connectivity index (χ0v) is 37.3. The zero-order valence-electron chi connectivity index (χ0n) is 37.3. The van der Waals surface area contributed by atoms with Crippen molar-refractivity contribution < 1.29 is 72.3 Å². The van der Waals surface area contributed by atoms with Crippen molar-refractivity contribution >= 4 is 36.4 Å². The van der Waals surface area contributed by atoms with Gasteiger partial charge in [0.2, 0.25) is 0 Å². The van der Waals surface area contributed by atoms with E-state index in [9.17, 15) is 28.8 Å². The molecule has 0 atom stereocenters. The van der Waals surface area contributed by atoms with Crippen molar-refractivity contribution in [2.75, 3.05) is 0 Å². The van der Waals surface area contributed by atoms with Crippen LogP contribution in [0.25, 0.3) is 0 Å². The average molecular weight is 887 g/mol. The minimum atomic E-state index is -1.08. The van der Waals surface area contributed by atoms with Gasteiger partial charge in [-0.25, -0.2) is 43.7 Å². The molecule has 0 bridgehead atoms. The van der Waals surface area contributed by atoms with Gasteiger partial charge in [0.15, 0.2) is 0 Å². The lowest BCUT2D eigenvalue weighted by Crippen LogP contribution is -2.40. The van der Waals surface area contributed by atoms with Crippen molar-refractivity contribution in [3.05, 3.63) is 105 Å². The standard InChI is InChI=1S/C49H58O15/c1-28-10-7-11-29(2)40(28)44(50)59-62-47(53)56-37-22-16-34(17-23-37)43(35-18-24-38(25-19-35)57-48(54)63-60-45(51)41-30(3)12-8-13-31(41)4)36-20-26-39(27-21-36)58-49(55)64-61-46(52)42-32(5)14-9-15-33(42)6/h7-15,34-39,43H,16-27H2,1-6H3. The van der Waals surface area contributed by atoms with Gasteiger partial charge < -0.3 is 14.2 Å². The van der Waals surface area contributed by atoms with E-state index >= 15 is 0 Å². The summed E-state index contributed by atoms with van der Waals surface area (Å²) >= 11 is 0. The van der Waals surface area contributed by atoms with Crippen LogP contribution in [0, 0.1) is 65.2 Å². The van der Waals surface area contributed by atoms with Crippen molar-refractivity contribution in [2.24, 2.45) is 23.7 Å². The van der Waals surface area contributed by atoms with Gasteiger partial charge in [0.1, 0.15) is 18.3 Å². The maximum absolute atomic E-state index is 12.6. The smallest absolute Gasteiger partial charge is 0.428 e. The molecule has 0 spiro atoms. The third kappa shape index (κ3) is 12.3. The Morgan fingerprint density at radius 3 is 0.797 bits per heavy atom. The normalized spacial score (nSPS) is 22.4. The Labute approximate surface area is 373 Å². The van der Waals surface area contributed by atoms with Gasteiger partial charge in [0, 0.05) is 0 Å². The molecule has 0 heterocycles. The second-order valence-electron chi connectivity index (χ2n) is 17.5. The number of ether oxygens (including phenoxy) is 3. The molecule has 64 heavy (non-hydrogen) atoms. The van der Waals surface area contributed by atoms with Crippen molar-refractivity contribution in [2.45, 2.75) is 137 Å². The van der Waals surface area contributed by atoms with Gasteiger partial charge >= 0.3 is 36.4 Å². The first kappa shape index (κ1) is 47.4. The number of hydrogen-bond donors (Lipinski definition) is 0. The second kappa shape index (κ2) is 22.0.